The van der Waals surface area contributed by atoms with Crippen LogP contribution in [0.2, 0.25) is 0 Å². The van der Waals surface area contributed by atoms with Gasteiger partial charge in [0.05, 0.1) is 24.9 Å². The first-order valence-corrected chi connectivity index (χ1v) is 12.1. The van der Waals surface area contributed by atoms with Gasteiger partial charge in [0.1, 0.15) is 29.1 Å². The minimum Gasteiger partial charge on any atom is -0.494 e. The van der Waals surface area contributed by atoms with Crippen LogP contribution in [0, 0.1) is 0 Å². The number of pyridine rings is 1. The summed E-state index contributed by atoms with van der Waals surface area (Å²) in [6.45, 7) is 5.20. The highest BCUT2D eigenvalue weighted by Gasteiger charge is 2.42. The Labute approximate surface area is 210 Å². The molecule has 1 aliphatic rings. The Morgan fingerprint density at radius 2 is 1.57 bits per heavy atom. The molecule has 1 N–H and O–H groups in total. The molecule has 3 heterocycles. The molecule has 2 atom stereocenters. The largest absolute Gasteiger partial charge is 0.494 e. The number of thiocarbonyl (C=S) groups is 1. The Hall–Kier alpha value is -3.84. The van der Waals surface area contributed by atoms with Crippen molar-refractivity contribution in [2.75, 3.05) is 18.1 Å². The molecule has 178 valence electrons. The Kier molecular flexibility index (Phi) is 6.68. The van der Waals surface area contributed by atoms with Crippen molar-refractivity contribution in [3.63, 3.8) is 0 Å². The van der Waals surface area contributed by atoms with Gasteiger partial charge in [-0.2, -0.15) is 0 Å². The molecule has 1 aliphatic heterocycles. The number of hydrogen-bond acceptors (Lipinski definition) is 5. The van der Waals surface area contributed by atoms with Gasteiger partial charge in [-0.1, -0.05) is 6.07 Å². The normalized spacial score (nSPS) is 17.3. The van der Waals surface area contributed by atoms with Crippen LogP contribution in [-0.2, 0) is 0 Å². The van der Waals surface area contributed by atoms with E-state index in [0.717, 1.165) is 40.0 Å². The third-order valence-corrected chi connectivity index (χ3v) is 6.21. The number of nitrogens with zero attached hydrogens (tertiary/aromatic N) is 2. The van der Waals surface area contributed by atoms with Gasteiger partial charge in [0.15, 0.2) is 5.11 Å². The van der Waals surface area contributed by atoms with Gasteiger partial charge < -0.3 is 24.1 Å². The maximum absolute atomic E-state index is 6.43. The molecule has 6 nitrogen and oxygen atoms in total. The Morgan fingerprint density at radius 1 is 0.886 bits per heavy atom. The molecule has 0 bridgehead atoms. The van der Waals surface area contributed by atoms with Crippen molar-refractivity contribution in [3.8, 4) is 22.8 Å². The fourth-order valence-corrected chi connectivity index (χ4v) is 4.69. The highest BCUT2D eigenvalue weighted by atomic mass is 32.1. The molecule has 4 aromatic rings. The van der Waals surface area contributed by atoms with E-state index in [9.17, 15) is 0 Å². The van der Waals surface area contributed by atoms with Crippen molar-refractivity contribution in [2.24, 2.45) is 0 Å². The van der Waals surface area contributed by atoms with Gasteiger partial charge in [0, 0.05) is 17.4 Å². The van der Waals surface area contributed by atoms with Crippen LogP contribution in [0.25, 0.3) is 11.3 Å². The highest BCUT2D eigenvalue weighted by molar-refractivity contribution is 7.80. The molecular formula is C28H27N3O3S. The van der Waals surface area contributed by atoms with Crippen molar-refractivity contribution in [2.45, 2.75) is 25.9 Å². The third kappa shape index (κ3) is 4.72. The number of furan rings is 1. The van der Waals surface area contributed by atoms with E-state index in [2.05, 4.69) is 15.2 Å². The molecule has 5 rings (SSSR count). The standard InChI is InChI=1S/C28H27N3O3S/c1-3-32-21-12-8-19(9-13-21)24-16-17-25(34-24)27-26(23-7-5-6-18-29-23)30-28(35)31(27)20-10-14-22(15-11-20)33-4-2/h5-18,26-27H,3-4H2,1-2H3,(H,30,35). The Balaban J connectivity index is 1.52. The van der Waals surface area contributed by atoms with E-state index in [1.807, 2.05) is 92.7 Å². The summed E-state index contributed by atoms with van der Waals surface area (Å²) in [6, 6.07) is 25.4. The molecule has 0 spiro atoms. The molecule has 0 radical (unpaired) electrons. The van der Waals surface area contributed by atoms with Gasteiger partial charge in [-0.15, -0.1) is 0 Å². The molecule has 0 amide bonds. The molecule has 2 aromatic carbocycles. The number of anilines is 1. The van der Waals surface area contributed by atoms with Crippen LogP contribution in [0.1, 0.15) is 37.4 Å². The minimum atomic E-state index is -0.216. The van der Waals surface area contributed by atoms with E-state index < -0.39 is 0 Å². The maximum Gasteiger partial charge on any atom is 0.174 e. The summed E-state index contributed by atoms with van der Waals surface area (Å²) in [5.41, 5.74) is 2.83. The molecule has 0 aliphatic carbocycles. The van der Waals surface area contributed by atoms with Crippen LogP contribution >= 0.6 is 12.2 Å². The predicted molar refractivity (Wildman–Crippen MR) is 141 cm³/mol. The van der Waals surface area contributed by atoms with Crippen LogP contribution < -0.4 is 19.7 Å². The summed E-state index contributed by atoms with van der Waals surface area (Å²) in [6.07, 6.45) is 1.80. The zero-order valence-electron chi connectivity index (χ0n) is 19.7. The first-order chi connectivity index (χ1) is 17.2. The van der Waals surface area contributed by atoms with Gasteiger partial charge in [-0.25, -0.2) is 0 Å². The number of hydrogen-bond donors (Lipinski definition) is 1. The smallest absolute Gasteiger partial charge is 0.174 e. The molecule has 2 unspecified atom stereocenters. The van der Waals surface area contributed by atoms with E-state index in [0.29, 0.717) is 18.3 Å². The molecule has 7 heteroatoms. The lowest BCUT2D eigenvalue weighted by Crippen LogP contribution is -2.29. The SMILES string of the molecule is CCOc1ccc(-c2ccc(C3C(c4ccccn4)NC(=S)N3c3ccc(OCC)cc3)o2)cc1. The molecule has 1 fully saturated rings. The van der Waals surface area contributed by atoms with E-state index in [1.165, 1.54) is 0 Å². The quantitative estimate of drug-likeness (QED) is 0.293. The number of nitrogens with one attached hydrogen (secondary N) is 1. The first-order valence-electron chi connectivity index (χ1n) is 11.7. The van der Waals surface area contributed by atoms with Gasteiger partial charge >= 0.3 is 0 Å². The number of rotatable bonds is 8. The van der Waals surface area contributed by atoms with Crippen LogP contribution in [0.5, 0.6) is 11.5 Å². The second kappa shape index (κ2) is 10.2. The number of benzene rings is 2. The summed E-state index contributed by atoms with van der Waals surface area (Å²) in [4.78, 5) is 6.69. The summed E-state index contributed by atoms with van der Waals surface area (Å²) >= 11 is 5.80. The van der Waals surface area contributed by atoms with E-state index in [1.54, 1.807) is 6.20 Å². The molecule has 35 heavy (non-hydrogen) atoms. The Morgan fingerprint density at radius 3 is 2.20 bits per heavy atom. The van der Waals surface area contributed by atoms with Crippen LogP contribution in [0.15, 0.2) is 89.5 Å². The fraction of sp³-hybridized carbons (Fsp3) is 0.214. The van der Waals surface area contributed by atoms with E-state index in [4.69, 9.17) is 26.1 Å². The van der Waals surface area contributed by atoms with E-state index >= 15 is 0 Å². The average Bonchev–Trinajstić information content (AvgIpc) is 3.51. The molecular weight excluding hydrogens is 458 g/mol. The summed E-state index contributed by atoms with van der Waals surface area (Å²) in [5, 5.41) is 4.08. The van der Waals surface area contributed by atoms with Gasteiger partial charge in [-0.05, 0) is 98.9 Å². The van der Waals surface area contributed by atoms with Crippen molar-refractivity contribution in [1.82, 2.24) is 10.3 Å². The zero-order chi connectivity index (χ0) is 24.2. The minimum absolute atomic E-state index is 0.172. The third-order valence-electron chi connectivity index (χ3n) is 5.89. The van der Waals surface area contributed by atoms with Crippen LogP contribution in [-0.4, -0.2) is 23.3 Å². The second-order valence-electron chi connectivity index (χ2n) is 8.08. The predicted octanol–water partition coefficient (Wildman–Crippen LogP) is 6.32. The first kappa shape index (κ1) is 22.9. The average molecular weight is 486 g/mol. The second-order valence-corrected chi connectivity index (χ2v) is 8.47. The van der Waals surface area contributed by atoms with E-state index in [-0.39, 0.29) is 12.1 Å². The van der Waals surface area contributed by atoms with Gasteiger partial charge in [-0.3, -0.25) is 4.98 Å². The lowest BCUT2D eigenvalue weighted by Gasteiger charge is -2.26. The number of aromatic nitrogens is 1. The molecule has 1 saturated heterocycles. The topological polar surface area (TPSA) is 59.8 Å². The monoisotopic (exact) mass is 485 g/mol. The lowest BCUT2D eigenvalue weighted by atomic mass is 10.0. The summed E-state index contributed by atoms with van der Waals surface area (Å²) in [5.74, 6) is 3.24. The lowest BCUT2D eigenvalue weighted by molar-refractivity contribution is 0.340. The maximum atomic E-state index is 6.43. The van der Waals surface area contributed by atoms with Crippen molar-refractivity contribution < 1.29 is 13.9 Å². The fourth-order valence-electron chi connectivity index (χ4n) is 4.34. The summed E-state index contributed by atoms with van der Waals surface area (Å²) in [7, 11) is 0. The zero-order valence-corrected chi connectivity index (χ0v) is 20.5. The molecule has 0 saturated carbocycles. The van der Waals surface area contributed by atoms with Crippen molar-refractivity contribution in [3.05, 3.63) is 96.5 Å². The summed E-state index contributed by atoms with van der Waals surface area (Å²) < 4.78 is 17.6. The highest BCUT2D eigenvalue weighted by Crippen LogP contribution is 2.43. The van der Waals surface area contributed by atoms with Crippen LogP contribution in [0.3, 0.4) is 0 Å². The Bertz CT molecular complexity index is 1270. The van der Waals surface area contributed by atoms with Gasteiger partial charge in [0.2, 0.25) is 0 Å². The number of ether oxygens (including phenoxy) is 2. The van der Waals surface area contributed by atoms with Crippen LogP contribution in [0.4, 0.5) is 5.69 Å². The van der Waals surface area contributed by atoms with Crippen molar-refractivity contribution in [1.29, 1.82) is 0 Å². The van der Waals surface area contributed by atoms with Gasteiger partial charge in [0.25, 0.3) is 0 Å². The molecule has 2 aromatic heterocycles. The van der Waals surface area contributed by atoms with Crippen molar-refractivity contribution >= 4 is 23.0 Å².